The molecule has 2 unspecified atom stereocenters. The Bertz CT molecular complexity index is 417. The maximum atomic E-state index is 5.48. The van der Waals surface area contributed by atoms with Crippen LogP contribution in [0.3, 0.4) is 0 Å². The van der Waals surface area contributed by atoms with E-state index in [0.717, 1.165) is 13.0 Å². The van der Waals surface area contributed by atoms with Gasteiger partial charge in [0.15, 0.2) is 0 Å². The summed E-state index contributed by atoms with van der Waals surface area (Å²) in [6.07, 6.45) is 1.48. The zero-order chi connectivity index (χ0) is 13.9. The Hall–Kier alpha value is -0.900. The van der Waals surface area contributed by atoms with Crippen molar-refractivity contribution in [2.75, 3.05) is 14.2 Å². The molecule has 1 aromatic carbocycles. The van der Waals surface area contributed by atoms with Crippen molar-refractivity contribution in [3.05, 3.63) is 35.4 Å². The van der Waals surface area contributed by atoms with E-state index in [1.807, 2.05) is 0 Å². The van der Waals surface area contributed by atoms with Crippen LogP contribution in [0.15, 0.2) is 24.3 Å². The highest BCUT2D eigenvalue weighted by atomic mass is 16.5. The van der Waals surface area contributed by atoms with Crippen LogP contribution in [-0.2, 0) is 22.6 Å². The Balaban J connectivity index is 1.88. The average Bonchev–Trinajstić information content (AvgIpc) is 2.38. The van der Waals surface area contributed by atoms with E-state index in [2.05, 4.69) is 43.4 Å². The molecule has 2 atom stereocenters. The number of methoxy groups -OCH3 is 2. The minimum Gasteiger partial charge on any atom is -0.381 e. The second-order valence-corrected chi connectivity index (χ2v) is 5.97. The van der Waals surface area contributed by atoms with Crippen molar-refractivity contribution in [1.29, 1.82) is 0 Å². The molecule has 106 valence electrons. The van der Waals surface area contributed by atoms with Gasteiger partial charge < -0.3 is 14.8 Å². The van der Waals surface area contributed by atoms with Gasteiger partial charge in [0.05, 0.1) is 12.7 Å². The lowest BCUT2D eigenvalue weighted by Crippen LogP contribution is -2.60. The van der Waals surface area contributed by atoms with Gasteiger partial charge in [-0.1, -0.05) is 38.1 Å². The fourth-order valence-electron chi connectivity index (χ4n) is 2.87. The smallest absolute Gasteiger partial charge is 0.0713 e. The quantitative estimate of drug-likeness (QED) is 0.856. The van der Waals surface area contributed by atoms with E-state index in [0.29, 0.717) is 18.8 Å². The molecule has 0 bridgehead atoms. The molecule has 0 aliphatic heterocycles. The minimum absolute atomic E-state index is 0.221. The van der Waals surface area contributed by atoms with E-state index in [9.17, 15) is 0 Å². The van der Waals surface area contributed by atoms with E-state index < -0.39 is 0 Å². The van der Waals surface area contributed by atoms with Crippen molar-refractivity contribution in [3.63, 3.8) is 0 Å². The van der Waals surface area contributed by atoms with Crippen LogP contribution in [0.5, 0.6) is 0 Å². The number of rotatable bonds is 6. The summed E-state index contributed by atoms with van der Waals surface area (Å²) < 4.78 is 10.6. The van der Waals surface area contributed by atoms with Gasteiger partial charge in [0, 0.05) is 32.2 Å². The maximum Gasteiger partial charge on any atom is 0.0713 e. The third-order valence-electron chi connectivity index (χ3n) is 4.32. The van der Waals surface area contributed by atoms with Gasteiger partial charge in [-0.3, -0.25) is 0 Å². The summed E-state index contributed by atoms with van der Waals surface area (Å²) in [4.78, 5) is 0. The highest BCUT2D eigenvalue weighted by molar-refractivity contribution is 5.23. The Kier molecular flexibility index (Phi) is 4.61. The lowest BCUT2D eigenvalue weighted by Gasteiger charge is -2.51. The van der Waals surface area contributed by atoms with Crippen LogP contribution in [0.2, 0.25) is 0 Å². The van der Waals surface area contributed by atoms with Gasteiger partial charge in [-0.2, -0.15) is 0 Å². The molecule has 3 nitrogen and oxygen atoms in total. The molecule has 3 heteroatoms. The molecule has 1 aliphatic rings. The van der Waals surface area contributed by atoms with Gasteiger partial charge in [-0.25, -0.2) is 0 Å². The summed E-state index contributed by atoms with van der Waals surface area (Å²) in [7, 11) is 3.53. The first-order valence-electron chi connectivity index (χ1n) is 6.91. The van der Waals surface area contributed by atoms with E-state index in [1.54, 1.807) is 14.2 Å². The monoisotopic (exact) mass is 263 g/mol. The van der Waals surface area contributed by atoms with Crippen LogP contribution >= 0.6 is 0 Å². The molecule has 1 N–H and O–H groups in total. The standard InChI is InChI=1S/C16H25NO2/c1-16(2)14(9-15(16)19-4)17-10-12-6-5-7-13(8-12)11-18-3/h5-8,14-15,17H,9-11H2,1-4H3. The van der Waals surface area contributed by atoms with Crippen LogP contribution in [-0.4, -0.2) is 26.4 Å². The topological polar surface area (TPSA) is 30.5 Å². The van der Waals surface area contributed by atoms with Gasteiger partial charge in [-0.05, 0) is 17.5 Å². The second kappa shape index (κ2) is 6.04. The van der Waals surface area contributed by atoms with Crippen molar-refractivity contribution in [1.82, 2.24) is 5.32 Å². The average molecular weight is 263 g/mol. The molecule has 0 amide bonds. The third kappa shape index (κ3) is 3.16. The second-order valence-electron chi connectivity index (χ2n) is 5.97. The van der Waals surface area contributed by atoms with Crippen molar-refractivity contribution in [3.8, 4) is 0 Å². The SMILES string of the molecule is COCc1cccc(CNC2CC(OC)C2(C)C)c1. The highest BCUT2D eigenvalue weighted by Gasteiger charge is 2.48. The van der Waals surface area contributed by atoms with Crippen LogP contribution < -0.4 is 5.32 Å². The Morgan fingerprint density at radius 1 is 1.26 bits per heavy atom. The lowest BCUT2D eigenvalue weighted by atomic mass is 9.64. The van der Waals surface area contributed by atoms with Crippen molar-refractivity contribution < 1.29 is 9.47 Å². The first-order chi connectivity index (χ1) is 9.07. The zero-order valence-electron chi connectivity index (χ0n) is 12.4. The molecule has 1 fully saturated rings. The maximum absolute atomic E-state index is 5.48. The van der Waals surface area contributed by atoms with Gasteiger partial charge in [0.25, 0.3) is 0 Å². The summed E-state index contributed by atoms with van der Waals surface area (Å²) in [5.74, 6) is 0. The number of hydrogen-bond acceptors (Lipinski definition) is 3. The zero-order valence-corrected chi connectivity index (χ0v) is 12.4. The molecule has 0 heterocycles. The molecular formula is C16H25NO2. The Morgan fingerprint density at radius 2 is 2.00 bits per heavy atom. The molecule has 0 aromatic heterocycles. The molecule has 1 saturated carbocycles. The molecule has 19 heavy (non-hydrogen) atoms. The highest BCUT2D eigenvalue weighted by Crippen LogP contribution is 2.42. The summed E-state index contributed by atoms with van der Waals surface area (Å²) >= 11 is 0. The fourth-order valence-corrected chi connectivity index (χ4v) is 2.87. The van der Waals surface area contributed by atoms with Crippen molar-refractivity contribution in [2.24, 2.45) is 5.41 Å². The first-order valence-corrected chi connectivity index (χ1v) is 6.91. The van der Waals surface area contributed by atoms with Crippen LogP contribution in [0.1, 0.15) is 31.4 Å². The summed E-state index contributed by atoms with van der Waals surface area (Å²) in [6.45, 7) is 6.12. The Morgan fingerprint density at radius 3 is 2.63 bits per heavy atom. The molecule has 0 radical (unpaired) electrons. The predicted octanol–water partition coefficient (Wildman–Crippen LogP) is 2.74. The molecule has 2 rings (SSSR count). The number of nitrogens with one attached hydrogen (secondary N) is 1. The van der Waals surface area contributed by atoms with E-state index in [4.69, 9.17) is 9.47 Å². The largest absolute Gasteiger partial charge is 0.381 e. The van der Waals surface area contributed by atoms with Gasteiger partial charge in [0.1, 0.15) is 0 Å². The summed E-state index contributed by atoms with van der Waals surface area (Å²) in [5.41, 5.74) is 2.76. The summed E-state index contributed by atoms with van der Waals surface area (Å²) in [6, 6.07) is 9.08. The fraction of sp³-hybridized carbons (Fsp3) is 0.625. The van der Waals surface area contributed by atoms with Gasteiger partial charge in [0.2, 0.25) is 0 Å². The van der Waals surface area contributed by atoms with E-state index >= 15 is 0 Å². The van der Waals surface area contributed by atoms with E-state index in [1.165, 1.54) is 11.1 Å². The lowest BCUT2D eigenvalue weighted by molar-refractivity contribution is -0.0979. The molecular weight excluding hydrogens is 238 g/mol. The number of hydrogen-bond donors (Lipinski definition) is 1. The minimum atomic E-state index is 0.221. The van der Waals surface area contributed by atoms with Crippen LogP contribution in [0.4, 0.5) is 0 Å². The summed E-state index contributed by atoms with van der Waals surface area (Å²) in [5, 5.41) is 3.64. The van der Waals surface area contributed by atoms with Gasteiger partial charge in [-0.15, -0.1) is 0 Å². The normalized spacial score (nSPS) is 25.1. The van der Waals surface area contributed by atoms with Crippen molar-refractivity contribution in [2.45, 2.75) is 45.6 Å². The third-order valence-corrected chi connectivity index (χ3v) is 4.32. The number of benzene rings is 1. The molecule has 1 aromatic rings. The molecule has 0 spiro atoms. The Labute approximate surface area is 116 Å². The van der Waals surface area contributed by atoms with E-state index in [-0.39, 0.29) is 5.41 Å². The molecule has 1 aliphatic carbocycles. The van der Waals surface area contributed by atoms with Crippen LogP contribution in [0, 0.1) is 5.41 Å². The van der Waals surface area contributed by atoms with Crippen LogP contribution in [0.25, 0.3) is 0 Å². The molecule has 0 saturated heterocycles. The van der Waals surface area contributed by atoms with Crippen molar-refractivity contribution >= 4 is 0 Å². The predicted molar refractivity (Wildman–Crippen MR) is 77.0 cm³/mol. The first kappa shape index (κ1) is 14.5. The number of ether oxygens (including phenoxy) is 2. The van der Waals surface area contributed by atoms with Gasteiger partial charge >= 0.3 is 0 Å².